The van der Waals surface area contributed by atoms with E-state index >= 15 is 0 Å². The molecule has 52 heavy (non-hydrogen) atoms. The molecule has 0 aliphatic carbocycles. The summed E-state index contributed by atoms with van der Waals surface area (Å²) in [6.07, 6.45) is 26.9. The Morgan fingerprint density at radius 3 is 1.67 bits per heavy atom. The highest BCUT2D eigenvalue weighted by molar-refractivity contribution is 5.80. The lowest BCUT2D eigenvalue weighted by Crippen LogP contribution is -2.60. The number of ether oxygens (including phenoxy) is 2. The van der Waals surface area contributed by atoms with Crippen molar-refractivity contribution < 1.29 is 44.9 Å². The molecule has 0 unspecified atom stereocenters. The van der Waals surface area contributed by atoms with Crippen LogP contribution < -0.4 is 5.32 Å². The maximum Gasteiger partial charge on any atom is 0.249 e. The van der Waals surface area contributed by atoms with E-state index in [1.807, 2.05) is 6.08 Å². The van der Waals surface area contributed by atoms with Crippen molar-refractivity contribution in [3.05, 3.63) is 24.3 Å². The third kappa shape index (κ3) is 23.4. The first-order valence-electron chi connectivity index (χ1n) is 21.2. The Labute approximate surface area is 316 Å². The molecule has 1 saturated heterocycles. The van der Waals surface area contributed by atoms with Crippen molar-refractivity contribution in [2.75, 3.05) is 13.2 Å². The fourth-order valence-electron chi connectivity index (χ4n) is 6.59. The summed E-state index contributed by atoms with van der Waals surface area (Å²) >= 11 is 0. The monoisotopic (exact) mass is 742 g/mol. The molecular weight excluding hydrogens is 662 g/mol. The lowest BCUT2D eigenvalue weighted by atomic mass is 9.99. The van der Waals surface area contributed by atoms with Gasteiger partial charge in [0.2, 0.25) is 5.91 Å². The number of hydrogen-bond acceptors (Lipinski definition) is 9. The molecular formula is C42H79NO9. The standard InChI is InChI=1S/C42H79NO9/c1-3-5-7-9-11-13-15-17-19-21-23-25-27-29-31-36(46)41(50)43-34(33-51-42-40(49)39(48)38(47)37(32-44)52-42)35(45)30-28-26-24-22-20-18-16-14-12-10-8-6-4-2/h20,22,28,30,34-40,42,44-49H,3-19,21,23-27,29,31-33H2,1-2H3,(H,43,50)/b22-20+,30-28+/t34-,35+,36+,37+,38+,39-,40+,42+/m0/s1. The predicted molar refractivity (Wildman–Crippen MR) is 209 cm³/mol. The summed E-state index contributed by atoms with van der Waals surface area (Å²) in [5, 5.41) is 64.4. The molecule has 0 aromatic rings. The maximum atomic E-state index is 13.0. The van der Waals surface area contributed by atoms with E-state index in [0.717, 1.165) is 32.1 Å². The van der Waals surface area contributed by atoms with E-state index in [4.69, 9.17) is 9.47 Å². The van der Waals surface area contributed by atoms with Crippen molar-refractivity contribution in [3.63, 3.8) is 0 Å². The molecule has 1 heterocycles. The minimum absolute atomic E-state index is 0.307. The highest BCUT2D eigenvalue weighted by Gasteiger charge is 2.44. The van der Waals surface area contributed by atoms with Gasteiger partial charge < -0.3 is 45.4 Å². The number of unbranched alkanes of at least 4 members (excludes halogenated alkanes) is 21. The number of nitrogens with one attached hydrogen (secondary N) is 1. The van der Waals surface area contributed by atoms with E-state index in [0.29, 0.717) is 19.3 Å². The second-order valence-electron chi connectivity index (χ2n) is 14.9. The van der Waals surface area contributed by atoms with Gasteiger partial charge in [-0.1, -0.05) is 167 Å². The maximum absolute atomic E-state index is 13.0. The molecule has 7 N–H and O–H groups in total. The van der Waals surface area contributed by atoms with Crippen LogP contribution in [0.1, 0.15) is 174 Å². The summed E-state index contributed by atoms with van der Waals surface area (Å²) in [5.41, 5.74) is 0. The van der Waals surface area contributed by atoms with Gasteiger partial charge in [-0.2, -0.15) is 0 Å². The molecule has 1 amide bonds. The second-order valence-corrected chi connectivity index (χ2v) is 14.9. The van der Waals surface area contributed by atoms with Gasteiger partial charge in [0.05, 0.1) is 25.4 Å². The van der Waals surface area contributed by atoms with Crippen LogP contribution in [0.4, 0.5) is 0 Å². The smallest absolute Gasteiger partial charge is 0.249 e. The van der Waals surface area contributed by atoms with Gasteiger partial charge in [-0.3, -0.25) is 4.79 Å². The zero-order valence-electron chi connectivity index (χ0n) is 32.9. The van der Waals surface area contributed by atoms with Crippen molar-refractivity contribution >= 4 is 5.91 Å². The Morgan fingerprint density at radius 1 is 0.654 bits per heavy atom. The molecule has 0 radical (unpaired) electrons. The van der Waals surface area contributed by atoms with Gasteiger partial charge in [0.15, 0.2) is 6.29 Å². The van der Waals surface area contributed by atoms with Crippen LogP contribution in [0.2, 0.25) is 0 Å². The number of aliphatic hydroxyl groups is 6. The minimum Gasteiger partial charge on any atom is -0.394 e. The first kappa shape index (κ1) is 48.6. The molecule has 0 spiro atoms. The summed E-state index contributed by atoms with van der Waals surface area (Å²) in [7, 11) is 0. The van der Waals surface area contributed by atoms with Gasteiger partial charge in [-0.05, 0) is 32.1 Å². The normalized spacial score (nSPS) is 22.7. The van der Waals surface area contributed by atoms with Crippen LogP contribution in [0.15, 0.2) is 24.3 Å². The Morgan fingerprint density at radius 2 is 1.13 bits per heavy atom. The van der Waals surface area contributed by atoms with Crippen LogP contribution in [0.5, 0.6) is 0 Å². The largest absolute Gasteiger partial charge is 0.394 e. The molecule has 0 aromatic carbocycles. The van der Waals surface area contributed by atoms with Crippen molar-refractivity contribution in [2.45, 2.75) is 223 Å². The van der Waals surface area contributed by atoms with E-state index in [-0.39, 0.29) is 6.61 Å². The zero-order chi connectivity index (χ0) is 38.2. The first-order valence-corrected chi connectivity index (χ1v) is 21.2. The Kier molecular flexibility index (Phi) is 30.9. The molecule has 1 aliphatic heterocycles. The lowest BCUT2D eigenvalue weighted by Gasteiger charge is -2.40. The number of rotatable bonds is 34. The van der Waals surface area contributed by atoms with E-state index < -0.39 is 61.5 Å². The minimum atomic E-state index is -1.61. The van der Waals surface area contributed by atoms with Gasteiger partial charge in [0, 0.05) is 0 Å². The summed E-state index contributed by atoms with van der Waals surface area (Å²) in [6, 6.07) is -0.991. The first-order chi connectivity index (χ1) is 25.3. The molecule has 1 rings (SSSR count). The van der Waals surface area contributed by atoms with Crippen molar-refractivity contribution in [2.24, 2.45) is 0 Å². The molecule has 1 aliphatic rings. The average molecular weight is 742 g/mol. The predicted octanol–water partition coefficient (Wildman–Crippen LogP) is 6.91. The third-order valence-corrected chi connectivity index (χ3v) is 10.1. The van der Waals surface area contributed by atoms with Gasteiger partial charge >= 0.3 is 0 Å². The molecule has 0 saturated carbocycles. The van der Waals surface area contributed by atoms with Crippen LogP contribution in [0.3, 0.4) is 0 Å². The van der Waals surface area contributed by atoms with E-state index in [1.165, 1.54) is 109 Å². The van der Waals surface area contributed by atoms with Gasteiger partial charge in [-0.15, -0.1) is 0 Å². The van der Waals surface area contributed by atoms with Crippen LogP contribution in [0, 0.1) is 0 Å². The SMILES string of the molecule is CCCCCCCCC/C=C/CC/C=C/[C@@H](O)[C@H](CO[C@@H]1O[C@H](CO)[C@@H](O)[C@H](O)[C@H]1O)NC(=O)[C@H](O)CCCCCCCCCCCCCCCC. The van der Waals surface area contributed by atoms with Gasteiger partial charge in [-0.25, -0.2) is 0 Å². The van der Waals surface area contributed by atoms with Crippen molar-refractivity contribution in [1.29, 1.82) is 0 Å². The summed E-state index contributed by atoms with van der Waals surface area (Å²) in [6.45, 7) is 3.56. The van der Waals surface area contributed by atoms with Crippen LogP contribution in [-0.4, -0.2) is 98.7 Å². The zero-order valence-corrected chi connectivity index (χ0v) is 32.9. The number of hydrogen-bond donors (Lipinski definition) is 7. The van der Waals surface area contributed by atoms with E-state index in [1.54, 1.807) is 6.08 Å². The Balaban J connectivity index is 2.50. The third-order valence-electron chi connectivity index (χ3n) is 10.1. The summed E-state index contributed by atoms with van der Waals surface area (Å²) in [4.78, 5) is 13.0. The van der Waals surface area contributed by atoms with Crippen molar-refractivity contribution in [3.8, 4) is 0 Å². The number of allylic oxidation sites excluding steroid dienone is 3. The quantitative estimate of drug-likeness (QED) is 0.0274. The average Bonchev–Trinajstić information content (AvgIpc) is 3.14. The number of carbonyl (C=O) groups is 1. The van der Waals surface area contributed by atoms with Crippen LogP contribution in [0.25, 0.3) is 0 Å². The molecule has 8 atom stereocenters. The molecule has 1 fully saturated rings. The second kappa shape index (κ2) is 33.0. The number of amides is 1. The molecule has 10 nitrogen and oxygen atoms in total. The molecule has 0 bridgehead atoms. The van der Waals surface area contributed by atoms with Gasteiger partial charge in [0.1, 0.15) is 30.5 Å². The number of carbonyl (C=O) groups excluding carboxylic acids is 1. The fourth-order valence-corrected chi connectivity index (χ4v) is 6.59. The molecule has 306 valence electrons. The molecule has 10 heteroatoms. The number of aliphatic hydroxyl groups excluding tert-OH is 6. The van der Waals surface area contributed by atoms with Gasteiger partial charge in [0.25, 0.3) is 0 Å². The Hall–Kier alpha value is -1.37. The highest BCUT2D eigenvalue weighted by Crippen LogP contribution is 2.22. The fraction of sp³-hybridized carbons (Fsp3) is 0.881. The van der Waals surface area contributed by atoms with E-state index in [2.05, 4.69) is 31.3 Å². The molecule has 0 aromatic heterocycles. The lowest BCUT2D eigenvalue weighted by molar-refractivity contribution is -0.302. The Bertz CT molecular complexity index is 886. The summed E-state index contributed by atoms with van der Waals surface area (Å²) in [5.74, 6) is -0.627. The highest BCUT2D eigenvalue weighted by atomic mass is 16.7. The van der Waals surface area contributed by atoms with Crippen LogP contribution >= 0.6 is 0 Å². The van der Waals surface area contributed by atoms with Crippen LogP contribution in [-0.2, 0) is 14.3 Å². The topological polar surface area (TPSA) is 169 Å². The van der Waals surface area contributed by atoms with Crippen molar-refractivity contribution in [1.82, 2.24) is 5.32 Å². The summed E-state index contributed by atoms with van der Waals surface area (Å²) < 4.78 is 11.1. The van der Waals surface area contributed by atoms with E-state index in [9.17, 15) is 35.4 Å².